The van der Waals surface area contributed by atoms with E-state index in [1.807, 2.05) is 12.1 Å². The van der Waals surface area contributed by atoms with Gasteiger partial charge in [-0.1, -0.05) is 49.8 Å². The number of allylic oxidation sites excluding steroid dienone is 4. The van der Waals surface area contributed by atoms with Crippen LogP contribution in [-0.4, -0.2) is 0 Å². The van der Waals surface area contributed by atoms with Gasteiger partial charge in [-0.3, -0.25) is 0 Å². The normalized spacial score (nSPS) is 22.7. The van der Waals surface area contributed by atoms with Crippen molar-refractivity contribution in [2.24, 2.45) is 5.92 Å². The number of hydrogen-bond donors (Lipinski definition) is 0. The maximum Gasteiger partial charge on any atom is 0.0991 e. The van der Waals surface area contributed by atoms with Crippen LogP contribution in [0, 0.1) is 17.2 Å². The van der Waals surface area contributed by atoms with Crippen molar-refractivity contribution < 1.29 is 0 Å². The summed E-state index contributed by atoms with van der Waals surface area (Å²) in [5.74, 6) is 1.42. The molecular formula is C20H25N. The predicted octanol–water partition coefficient (Wildman–Crippen LogP) is 5.74. The van der Waals surface area contributed by atoms with Gasteiger partial charge < -0.3 is 0 Å². The molecule has 1 aliphatic rings. The van der Waals surface area contributed by atoms with E-state index < -0.39 is 0 Å². The number of nitrogens with zero attached hydrogens (tertiary/aromatic N) is 1. The van der Waals surface area contributed by atoms with Gasteiger partial charge in [0.05, 0.1) is 11.6 Å². The van der Waals surface area contributed by atoms with Crippen LogP contribution in [-0.2, 0) is 0 Å². The molecule has 1 aromatic rings. The Balaban J connectivity index is 1.81. The highest BCUT2D eigenvalue weighted by atomic mass is 14.3. The van der Waals surface area contributed by atoms with Gasteiger partial charge in [0, 0.05) is 0 Å². The second kappa shape index (κ2) is 8.47. The molecule has 1 saturated carbocycles. The third-order valence-corrected chi connectivity index (χ3v) is 4.37. The van der Waals surface area contributed by atoms with Crippen LogP contribution in [0.2, 0.25) is 0 Å². The average molecular weight is 279 g/mol. The second-order valence-corrected chi connectivity index (χ2v) is 5.95. The number of hydrogen-bond acceptors (Lipinski definition) is 1. The van der Waals surface area contributed by atoms with Crippen LogP contribution in [0.15, 0.2) is 48.6 Å². The minimum Gasteiger partial charge on any atom is -0.192 e. The van der Waals surface area contributed by atoms with Crippen molar-refractivity contribution in [2.75, 3.05) is 0 Å². The van der Waals surface area contributed by atoms with Gasteiger partial charge in [-0.05, 0) is 61.6 Å². The van der Waals surface area contributed by atoms with Crippen LogP contribution in [0.3, 0.4) is 0 Å². The molecule has 0 bridgehead atoms. The highest BCUT2D eigenvalue weighted by molar-refractivity contribution is 5.33. The van der Waals surface area contributed by atoms with Gasteiger partial charge in [0.25, 0.3) is 0 Å². The Kier molecular flexibility index (Phi) is 6.28. The fourth-order valence-electron chi connectivity index (χ4n) is 3.04. The van der Waals surface area contributed by atoms with Crippen LogP contribution in [0.25, 0.3) is 0 Å². The fourth-order valence-corrected chi connectivity index (χ4v) is 3.04. The molecule has 110 valence electrons. The van der Waals surface area contributed by atoms with Crippen molar-refractivity contribution in [2.45, 2.75) is 51.4 Å². The molecule has 1 aliphatic carbocycles. The molecule has 1 heteroatoms. The maximum atomic E-state index is 8.85. The molecule has 1 fully saturated rings. The maximum absolute atomic E-state index is 8.85. The van der Waals surface area contributed by atoms with Crippen LogP contribution < -0.4 is 0 Å². The lowest BCUT2D eigenvalue weighted by molar-refractivity contribution is 0.376. The van der Waals surface area contributed by atoms with E-state index in [1.165, 1.54) is 44.1 Å². The van der Waals surface area contributed by atoms with Gasteiger partial charge in [-0.25, -0.2) is 0 Å². The summed E-state index contributed by atoms with van der Waals surface area (Å²) < 4.78 is 0. The van der Waals surface area contributed by atoms with Crippen molar-refractivity contribution in [1.29, 1.82) is 5.26 Å². The smallest absolute Gasteiger partial charge is 0.0991 e. The van der Waals surface area contributed by atoms with Gasteiger partial charge >= 0.3 is 0 Å². The third-order valence-electron chi connectivity index (χ3n) is 4.37. The molecule has 0 aromatic heterocycles. The minimum absolute atomic E-state index is 0.679. The van der Waals surface area contributed by atoms with Gasteiger partial charge in [-0.15, -0.1) is 0 Å². The molecule has 2 rings (SSSR count). The highest BCUT2D eigenvalue weighted by Gasteiger charge is 2.20. The van der Waals surface area contributed by atoms with Crippen molar-refractivity contribution in [3.8, 4) is 6.07 Å². The quantitative estimate of drug-likeness (QED) is 0.630. The standard InChI is InChI=1S/C20H25N/c1-2-3-4-5-6-7-17-8-12-19(13-9-17)20-14-10-18(16-21)11-15-20/h4-7,10-11,14-15,17,19H,2-3,8-9,12-13H2,1H3. The van der Waals surface area contributed by atoms with E-state index in [1.54, 1.807) is 0 Å². The lowest BCUT2D eigenvalue weighted by Crippen LogP contribution is -2.11. The lowest BCUT2D eigenvalue weighted by Gasteiger charge is -2.27. The number of benzene rings is 1. The van der Waals surface area contributed by atoms with Crippen LogP contribution in [0.1, 0.15) is 62.5 Å². The summed E-state index contributed by atoms with van der Waals surface area (Å²) in [4.78, 5) is 0. The first-order valence-electron chi connectivity index (χ1n) is 8.17. The van der Waals surface area contributed by atoms with Crippen molar-refractivity contribution in [1.82, 2.24) is 0 Å². The molecule has 21 heavy (non-hydrogen) atoms. The summed E-state index contributed by atoms with van der Waals surface area (Å²) >= 11 is 0. The van der Waals surface area contributed by atoms with E-state index in [9.17, 15) is 0 Å². The van der Waals surface area contributed by atoms with Crippen molar-refractivity contribution in [3.63, 3.8) is 0 Å². The fraction of sp³-hybridized carbons (Fsp3) is 0.450. The molecule has 0 radical (unpaired) electrons. The molecule has 0 N–H and O–H groups in total. The SMILES string of the molecule is CCCC=CC=CC1CCC(c2ccc(C#N)cc2)CC1. The zero-order chi connectivity index (χ0) is 14.9. The van der Waals surface area contributed by atoms with E-state index in [0.29, 0.717) is 5.92 Å². The molecular weight excluding hydrogens is 254 g/mol. The second-order valence-electron chi connectivity index (χ2n) is 5.95. The molecule has 0 aliphatic heterocycles. The van der Waals surface area contributed by atoms with Crippen LogP contribution in [0.4, 0.5) is 0 Å². The molecule has 0 unspecified atom stereocenters. The zero-order valence-corrected chi connectivity index (χ0v) is 13.0. The first-order valence-corrected chi connectivity index (χ1v) is 8.17. The van der Waals surface area contributed by atoms with Crippen LogP contribution >= 0.6 is 0 Å². The number of nitriles is 1. The number of rotatable bonds is 5. The molecule has 1 nitrogen and oxygen atoms in total. The summed E-state index contributed by atoms with van der Waals surface area (Å²) in [6.07, 6.45) is 16.5. The monoisotopic (exact) mass is 279 g/mol. The Morgan fingerprint density at radius 2 is 1.81 bits per heavy atom. The largest absolute Gasteiger partial charge is 0.192 e. The van der Waals surface area contributed by atoms with E-state index >= 15 is 0 Å². The Hall–Kier alpha value is -1.81. The molecule has 1 aromatic carbocycles. The Morgan fingerprint density at radius 3 is 2.43 bits per heavy atom. The summed E-state index contributed by atoms with van der Waals surface area (Å²) in [5, 5.41) is 8.85. The van der Waals surface area contributed by atoms with Crippen LogP contribution in [0.5, 0.6) is 0 Å². The van der Waals surface area contributed by atoms with Gasteiger partial charge in [0.15, 0.2) is 0 Å². The van der Waals surface area contributed by atoms with E-state index in [4.69, 9.17) is 5.26 Å². The molecule has 0 atom stereocenters. The average Bonchev–Trinajstić information content (AvgIpc) is 2.55. The van der Waals surface area contributed by atoms with Gasteiger partial charge in [-0.2, -0.15) is 5.26 Å². The first kappa shape index (κ1) is 15.6. The zero-order valence-electron chi connectivity index (χ0n) is 13.0. The molecule has 0 saturated heterocycles. The topological polar surface area (TPSA) is 23.8 Å². The first-order chi connectivity index (χ1) is 10.3. The van der Waals surface area contributed by atoms with Gasteiger partial charge in [0.1, 0.15) is 0 Å². The Labute approximate surface area is 129 Å². The van der Waals surface area contributed by atoms with Crippen molar-refractivity contribution >= 4 is 0 Å². The van der Waals surface area contributed by atoms with E-state index in [0.717, 1.165) is 11.5 Å². The van der Waals surface area contributed by atoms with Crippen molar-refractivity contribution in [3.05, 3.63) is 59.7 Å². The molecule has 0 heterocycles. The summed E-state index contributed by atoms with van der Waals surface area (Å²) in [6.45, 7) is 2.21. The molecule has 0 amide bonds. The lowest BCUT2D eigenvalue weighted by atomic mass is 9.78. The summed E-state index contributed by atoms with van der Waals surface area (Å²) in [6, 6.07) is 10.3. The highest BCUT2D eigenvalue weighted by Crippen LogP contribution is 2.36. The summed E-state index contributed by atoms with van der Waals surface area (Å²) in [5.41, 5.74) is 2.16. The Bertz CT molecular complexity index is 508. The molecule has 0 spiro atoms. The minimum atomic E-state index is 0.679. The third kappa shape index (κ3) is 4.90. The van der Waals surface area contributed by atoms with Gasteiger partial charge in [0.2, 0.25) is 0 Å². The number of unbranched alkanes of at least 4 members (excludes halogenated alkanes) is 1. The van der Waals surface area contributed by atoms with E-state index in [2.05, 4.69) is 49.4 Å². The Morgan fingerprint density at radius 1 is 1.10 bits per heavy atom. The van der Waals surface area contributed by atoms with E-state index in [-0.39, 0.29) is 0 Å². The predicted molar refractivity (Wildman–Crippen MR) is 89.0 cm³/mol. The summed E-state index contributed by atoms with van der Waals surface area (Å²) in [7, 11) is 0.